The second-order valence-electron chi connectivity index (χ2n) is 5.81. The second kappa shape index (κ2) is 10.1. The van der Waals surface area contributed by atoms with E-state index in [1.807, 2.05) is 0 Å². The first kappa shape index (κ1) is 17.4. The van der Waals surface area contributed by atoms with Crippen LogP contribution in [0.25, 0.3) is 0 Å². The van der Waals surface area contributed by atoms with Gasteiger partial charge in [-0.3, -0.25) is 14.6 Å². The summed E-state index contributed by atoms with van der Waals surface area (Å²) in [7, 11) is 0. The molecule has 1 rings (SSSR count). The Bertz CT molecular complexity index is 266. The molecule has 0 saturated carbocycles. The molecule has 1 fully saturated rings. The highest BCUT2D eigenvalue weighted by molar-refractivity contribution is 5.78. The summed E-state index contributed by atoms with van der Waals surface area (Å²) in [4.78, 5) is 16.4. The number of carbonyl (C=O) groups excluding carboxylic acids is 1. The van der Waals surface area contributed by atoms with E-state index in [0.717, 1.165) is 39.1 Å². The lowest BCUT2D eigenvalue weighted by Crippen LogP contribution is -2.50. The lowest BCUT2D eigenvalue weighted by molar-refractivity contribution is -0.123. The highest BCUT2D eigenvalue weighted by Crippen LogP contribution is 2.04. The summed E-state index contributed by atoms with van der Waals surface area (Å²) in [6, 6.07) is 0.282. The lowest BCUT2D eigenvalue weighted by Gasteiger charge is -2.34. The van der Waals surface area contributed by atoms with E-state index in [1.165, 1.54) is 19.3 Å². The summed E-state index contributed by atoms with van der Waals surface area (Å²) in [6.45, 7) is 9.47. The van der Waals surface area contributed by atoms with Crippen molar-refractivity contribution in [2.75, 3.05) is 45.9 Å². The van der Waals surface area contributed by atoms with Crippen LogP contribution in [-0.4, -0.2) is 72.7 Å². The zero-order valence-corrected chi connectivity index (χ0v) is 13.1. The number of hydrogen-bond acceptors (Lipinski definition) is 4. The third-order valence-electron chi connectivity index (χ3n) is 3.90. The molecular weight excluding hydrogens is 254 g/mol. The second-order valence-corrected chi connectivity index (χ2v) is 5.81. The molecule has 5 nitrogen and oxygen atoms in total. The van der Waals surface area contributed by atoms with Crippen LogP contribution in [-0.2, 0) is 4.79 Å². The molecule has 0 spiro atoms. The van der Waals surface area contributed by atoms with E-state index in [1.54, 1.807) is 0 Å². The molecule has 20 heavy (non-hydrogen) atoms. The van der Waals surface area contributed by atoms with Crippen molar-refractivity contribution in [1.29, 1.82) is 0 Å². The number of β-amino-alcohol motifs (C(OH)–C–C–N with tert-alkyl or cyclic N) is 1. The first-order valence-electron chi connectivity index (χ1n) is 8.00. The Morgan fingerprint density at radius 3 is 2.45 bits per heavy atom. The van der Waals surface area contributed by atoms with Gasteiger partial charge in [0.25, 0.3) is 0 Å². The Balaban J connectivity index is 2.13. The first-order chi connectivity index (χ1) is 9.65. The van der Waals surface area contributed by atoms with E-state index in [2.05, 4.69) is 29.0 Å². The fourth-order valence-corrected chi connectivity index (χ4v) is 2.61. The minimum absolute atomic E-state index is 0.143. The first-order valence-corrected chi connectivity index (χ1v) is 8.00. The van der Waals surface area contributed by atoms with Gasteiger partial charge in [0, 0.05) is 38.8 Å². The van der Waals surface area contributed by atoms with Gasteiger partial charge in [-0.15, -0.1) is 0 Å². The molecule has 1 heterocycles. The lowest BCUT2D eigenvalue weighted by atomic mass is 10.1. The van der Waals surface area contributed by atoms with Gasteiger partial charge in [0.1, 0.15) is 0 Å². The minimum Gasteiger partial charge on any atom is -0.395 e. The molecule has 0 radical (unpaired) electrons. The number of nitrogens with zero attached hydrogens (tertiary/aromatic N) is 2. The fraction of sp³-hybridized carbons (Fsp3) is 0.933. The van der Waals surface area contributed by atoms with Gasteiger partial charge < -0.3 is 10.4 Å². The molecule has 1 atom stereocenters. The number of piperazine rings is 1. The van der Waals surface area contributed by atoms with E-state index in [4.69, 9.17) is 5.11 Å². The van der Waals surface area contributed by atoms with Crippen LogP contribution in [0, 0.1) is 0 Å². The van der Waals surface area contributed by atoms with E-state index in [0.29, 0.717) is 6.54 Å². The van der Waals surface area contributed by atoms with E-state index < -0.39 is 0 Å². The average molecular weight is 285 g/mol. The molecule has 0 aromatic rings. The molecule has 1 aliphatic rings. The average Bonchev–Trinajstić information content (AvgIpc) is 2.41. The highest BCUT2D eigenvalue weighted by atomic mass is 16.3. The maximum atomic E-state index is 12.0. The van der Waals surface area contributed by atoms with Crippen molar-refractivity contribution in [3.8, 4) is 0 Å². The summed E-state index contributed by atoms with van der Waals surface area (Å²) >= 11 is 0. The summed E-state index contributed by atoms with van der Waals surface area (Å²) in [5.74, 6) is 0.143. The molecule has 0 bridgehead atoms. The fourth-order valence-electron chi connectivity index (χ4n) is 2.61. The van der Waals surface area contributed by atoms with Crippen LogP contribution in [0.1, 0.15) is 39.5 Å². The third kappa shape index (κ3) is 7.22. The monoisotopic (exact) mass is 285 g/mol. The van der Waals surface area contributed by atoms with Crippen molar-refractivity contribution in [2.24, 2.45) is 0 Å². The molecule has 0 aromatic carbocycles. The Morgan fingerprint density at radius 1 is 1.20 bits per heavy atom. The van der Waals surface area contributed by atoms with E-state index in [9.17, 15) is 4.79 Å². The van der Waals surface area contributed by atoms with Gasteiger partial charge in [0.15, 0.2) is 0 Å². The molecule has 1 amide bonds. The summed E-state index contributed by atoms with van der Waals surface area (Å²) in [5, 5.41) is 12.0. The normalized spacial score (nSPS) is 18.9. The maximum Gasteiger partial charge on any atom is 0.234 e. The summed E-state index contributed by atoms with van der Waals surface area (Å²) < 4.78 is 0. The predicted octanol–water partition coefficient (Wildman–Crippen LogP) is 0.681. The van der Waals surface area contributed by atoms with Crippen LogP contribution in [0.5, 0.6) is 0 Å². The molecule has 2 N–H and O–H groups in total. The van der Waals surface area contributed by atoms with Crippen LogP contribution in [0.2, 0.25) is 0 Å². The molecule has 0 aromatic heterocycles. The maximum absolute atomic E-state index is 12.0. The molecule has 1 unspecified atom stereocenters. The topological polar surface area (TPSA) is 55.8 Å². The zero-order chi connectivity index (χ0) is 14.8. The van der Waals surface area contributed by atoms with Crippen molar-refractivity contribution in [1.82, 2.24) is 15.1 Å². The largest absolute Gasteiger partial charge is 0.395 e. The number of nitrogens with one attached hydrogen (secondary N) is 1. The molecular formula is C15H31N3O2. The Morgan fingerprint density at radius 2 is 1.85 bits per heavy atom. The van der Waals surface area contributed by atoms with Crippen LogP contribution < -0.4 is 5.32 Å². The van der Waals surface area contributed by atoms with Crippen molar-refractivity contribution in [3.63, 3.8) is 0 Å². The van der Waals surface area contributed by atoms with Crippen molar-refractivity contribution in [2.45, 2.75) is 45.6 Å². The Hall–Kier alpha value is -0.650. The van der Waals surface area contributed by atoms with E-state index in [-0.39, 0.29) is 18.6 Å². The number of hydrogen-bond donors (Lipinski definition) is 2. The van der Waals surface area contributed by atoms with Crippen molar-refractivity contribution >= 4 is 5.91 Å². The van der Waals surface area contributed by atoms with Gasteiger partial charge in [-0.2, -0.15) is 0 Å². The molecule has 0 aliphatic carbocycles. The van der Waals surface area contributed by atoms with Gasteiger partial charge >= 0.3 is 0 Å². The molecule has 1 saturated heterocycles. The van der Waals surface area contributed by atoms with Gasteiger partial charge in [0.2, 0.25) is 5.91 Å². The van der Waals surface area contributed by atoms with Crippen LogP contribution >= 0.6 is 0 Å². The Kier molecular flexibility index (Phi) is 8.82. The highest BCUT2D eigenvalue weighted by Gasteiger charge is 2.18. The van der Waals surface area contributed by atoms with Gasteiger partial charge in [-0.25, -0.2) is 0 Å². The van der Waals surface area contributed by atoms with Crippen LogP contribution in [0.3, 0.4) is 0 Å². The predicted molar refractivity (Wildman–Crippen MR) is 81.7 cm³/mol. The van der Waals surface area contributed by atoms with E-state index >= 15 is 0 Å². The van der Waals surface area contributed by atoms with Gasteiger partial charge in [-0.1, -0.05) is 26.2 Å². The number of aliphatic hydroxyl groups is 1. The van der Waals surface area contributed by atoms with Gasteiger partial charge in [-0.05, 0) is 13.3 Å². The van der Waals surface area contributed by atoms with Crippen LogP contribution in [0.4, 0.5) is 0 Å². The molecule has 118 valence electrons. The summed E-state index contributed by atoms with van der Waals surface area (Å²) in [6.07, 6.45) is 4.73. The molecule has 1 aliphatic heterocycles. The Labute approximate surface area is 123 Å². The number of aliphatic hydroxyl groups excluding tert-OH is 1. The SMILES string of the molecule is CCCCCC(C)NC(=O)CN1CCN(CCO)CC1. The number of rotatable bonds is 9. The smallest absolute Gasteiger partial charge is 0.234 e. The summed E-state index contributed by atoms with van der Waals surface area (Å²) in [5.41, 5.74) is 0. The zero-order valence-electron chi connectivity index (χ0n) is 13.1. The molecule has 5 heteroatoms. The van der Waals surface area contributed by atoms with Gasteiger partial charge in [0.05, 0.1) is 13.2 Å². The minimum atomic E-state index is 0.143. The number of amides is 1. The standard InChI is InChI=1S/C15H31N3O2/c1-3-4-5-6-14(2)16-15(20)13-18-9-7-17(8-10-18)11-12-19/h14,19H,3-13H2,1-2H3,(H,16,20). The quantitative estimate of drug-likeness (QED) is 0.612. The third-order valence-corrected chi connectivity index (χ3v) is 3.90. The number of unbranched alkanes of at least 4 members (excludes halogenated alkanes) is 2. The van der Waals surface area contributed by atoms with Crippen molar-refractivity contribution < 1.29 is 9.90 Å². The number of carbonyl (C=O) groups is 1. The van der Waals surface area contributed by atoms with Crippen LogP contribution in [0.15, 0.2) is 0 Å². The van der Waals surface area contributed by atoms with Crippen molar-refractivity contribution in [3.05, 3.63) is 0 Å².